The second kappa shape index (κ2) is 6.28. The summed E-state index contributed by atoms with van der Waals surface area (Å²) in [7, 11) is 0. The fourth-order valence-corrected chi connectivity index (χ4v) is 1.48. The number of rotatable bonds is 6. The standard InChI is InChI=1S/C13H19NO2/c1-3-8-14-9-11-4-6-12(7-5-11)10(2)13(15)16/h4-7,10,14H,3,8-9H2,1-2H3,(H,15,16). The van der Waals surface area contributed by atoms with Gasteiger partial charge in [-0.1, -0.05) is 31.2 Å². The van der Waals surface area contributed by atoms with Crippen LogP contribution in [0.3, 0.4) is 0 Å². The van der Waals surface area contributed by atoms with Crippen molar-refractivity contribution in [2.24, 2.45) is 0 Å². The minimum Gasteiger partial charge on any atom is -0.481 e. The lowest BCUT2D eigenvalue weighted by Gasteiger charge is -2.08. The molecule has 0 heterocycles. The predicted molar refractivity (Wildman–Crippen MR) is 64.5 cm³/mol. The van der Waals surface area contributed by atoms with Crippen LogP contribution in [0.15, 0.2) is 24.3 Å². The van der Waals surface area contributed by atoms with Gasteiger partial charge < -0.3 is 10.4 Å². The van der Waals surface area contributed by atoms with Gasteiger partial charge in [-0.2, -0.15) is 0 Å². The van der Waals surface area contributed by atoms with E-state index in [-0.39, 0.29) is 0 Å². The van der Waals surface area contributed by atoms with Crippen molar-refractivity contribution < 1.29 is 9.90 Å². The van der Waals surface area contributed by atoms with Gasteiger partial charge in [0.25, 0.3) is 0 Å². The third-order valence-electron chi connectivity index (χ3n) is 2.61. The molecule has 3 nitrogen and oxygen atoms in total. The number of hydrogen-bond donors (Lipinski definition) is 2. The quantitative estimate of drug-likeness (QED) is 0.725. The molecule has 16 heavy (non-hydrogen) atoms. The van der Waals surface area contributed by atoms with Gasteiger partial charge in [-0.25, -0.2) is 0 Å². The van der Waals surface area contributed by atoms with E-state index in [1.54, 1.807) is 6.92 Å². The average molecular weight is 221 g/mol. The van der Waals surface area contributed by atoms with Crippen LogP contribution >= 0.6 is 0 Å². The van der Waals surface area contributed by atoms with Gasteiger partial charge in [-0.3, -0.25) is 4.79 Å². The van der Waals surface area contributed by atoms with Gasteiger partial charge >= 0.3 is 5.97 Å². The van der Waals surface area contributed by atoms with E-state index in [4.69, 9.17) is 5.11 Å². The summed E-state index contributed by atoms with van der Waals surface area (Å²) in [5.74, 6) is -1.21. The van der Waals surface area contributed by atoms with Crippen LogP contribution in [0.2, 0.25) is 0 Å². The summed E-state index contributed by atoms with van der Waals surface area (Å²) in [5, 5.41) is 12.2. The Balaban J connectivity index is 2.57. The van der Waals surface area contributed by atoms with Crippen LogP contribution in [0.4, 0.5) is 0 Å². The van der Waals surface area contributed by atoms with E-state index in [9.17, 15) is 4.79 Å². The number of nitrogens with one attached hydrogen (secondary N) is 1. The van der Waals surface area contributed by atoms with Crippen LogP contribution in [0.5, 0.6) is 0 Å². The van der Waals surface area contributed by atoms with E-state index in [1.807, 2.05) is 24.3 Å². The molecule has 0 saturated heterocycles. The topological polar surface area (TPSA) is 49.3 Å². The number of hydrogen-bond acceptors (Lipinski definition) is 2. The molecule has 1 rings (SSSR count). The Bertz CT molecular complexity index is 332. The molecule has 0 amide bonds. The van der Waals surface area contributed by atoms with Crippen LogP contribution in [-0.4, -0.2) is 17.6 Å². The van der Waals surface area contributed by atoms with Crippen molar-refractivity contribution in [3.05, 3.63) is 35.4 Å². The zero-order valence-corrected chi connectivity index (χ0v) is 9.86. The normalized spacial score (nSPS) is 12.4. The van der Waals surface area contributed by atoms with E-state index < -0.39 is 11.9 Å². The molecule has 0 saturated carbocycles. The molecule has 0 aromatic heterocycles. The molecule has 1 aromatic rings. The molecule has 3 heteroatoms. The third kappa shape index (κ3) is 3.66. The first-order valence-electron chi connectivity index (χ1n) is 5.67. The SMILES string of the molecule is CCCNCc1ccc(C(C)C(=O)O)cc1. The van der Waals surface area contributed by atoms with E-state index in [0.29, 0.717) is 0 Å². The minimum absolute atomic E-state index is 0.433. The van der Waals surface area contributed by atoms with Gasteiger partial charge in [0.05, 0.1) is 5.92 Å². The zero-order valence-electron chi connectivity index (χ0n) is 9.86. The monoisotopic (exact) mass is 221 g/mol. The lowest BCUT2D eigenvalue weighted by Crippen LogP contribution is -2.14. The first-order chi connectivity index (χ1) is 7.65. The Hall–Kier alpha value is -1.35. The van der Waals surface area contributed by atoms with Crippen LogP contribution in [0, 0.1) is 0 Å². The van der Waals surface area contributed by atoms with Crippen molar-refractivity contribution in [1.29, 1.82) is 0 Å². The molecule has 0 radical (unpaired) electrons. The van der Waals surface area contributed by atoms with E-state index in [1.165, 1.54) is 5.56 Å². The highest BCUT2D eigenvalue weighted by molar-refractivity contribution is 5.75. The molecule has 0 fully saturated rings. The lowest BCUT2D eigenvalue weighted by atomic mass is 10.0. The molecular formula is C13H19NO2. The Morgan fingerprint density at radius 1 is 1.38 bits per heavy atom. The van der Waals surface area contributed by atoms with Gasteiger partial charge in [0.2, 0.25) is 0 Å². The Labute approximate surface area is 96.5 Å². The molecule has 0 aliphatic heterocycles. The fourth-order valence-electron chi connectivity index (χ4n) is 1.48. The van der Waals surface area contributed by atoms with Gasteiger partial charge in [0, 0.05) is 6.54 Å². The molecular weight excluding hydrogens is 202 g/mol. The molecule has 0 spiro atoms. The summed E-state index contributed by atoms with van der Waals surface area (Å²) in [6, 6.07) is 7.75. The summed E-state index contributed by atoms with van der Waals surface area (Å²) in [4.78, 5) is 10.8. The largest absolute Gasteiger partial charge is 0.481 e. The van der Waals surface area contributed by atoms with Gasteiger partial charge in [0.15, 0.2) is 0 Å². The van der Waals surface area contributed by atoms with Crippen LogP contribution in [-0.2, 0) is 11.3 Å². The molecule has 1 atom stereocenters. The highest BCUT2D eigenvalue weighted by atomic mass is 16.4. The Kier molecular flexibility index (Phi) is 4.99. The fraction of sp³-hybridized carbons (Fsp3) is 0.462. The maximum Gasteiger partial charge on any atom is 0.310 e. The van der Waals surface area contributed by atoms with Crippen molar-refractivity contribution >= 4 is 5.97 Å². The second-order valence-electron chi connectivity index (χ2n) is 3.98. The van der Waals surface area contributed by atoms with E-state index in [0.717, 1.165) is 25.1 Å². The maximum absolute atomic E-state index is 10.8. The summed E-state index contributed by atoms with van der Waals surface area (Å²) in [6.07, 6.45) is 1.12. The number of carboxylic acids is 1. The highest BCUT2D eigenvalue weighted by Gasteiger charge is 2.12. The van der Waals surface area contributed by atoms with Crippen molar-refractivity contribution in [3.8, 4) is 0 Å². The van der Waals surface area contributed by atoms with Crippen LogP contribution in [0.1, 0.15) is 37.3 Å². The van der Waals surface area contributed by atoms with E-state index in [2.05, 4.69) is 12.2 Å². The van der Waals surface area contributed by atoms with Crippen molar-refractivity contribution in [1.82, 2.24) is 5.32 Å². The number of aliphatic carboxylic acids is 1. The van der Waals surface area contributed by atoms with Crippen molar-refractivity contribution in [2.45, 2.75) is 32.7 Å². The van der Waals surface area contributed by atoms with Gasteiger partial charge in [0.1, 0.15) is 0 Å². The van der Waals surface area contributed by atoms with Crippen LogP contribution < -0.4 is 5.32 Å². The molecule has 1 unspecified atom stereocenters. The third-order valence-corrected chi connectivity index (χ3v) is 2.61. The average Bonchev–Trinajstić information content (AvgIpc) is 2.29. The maximum atomic E-state index is 10.8. The molecule has 0 aliphatic carbocycles. The summed E-state index contributed by atoms with van der Waals surface area (Å²) in [5.41, 5.74) is 2.04. The molecule has 0 aliphatic rings. The second-order valence-corrected chi connectivity index (χ2v) is 3.98. The van der Waals surface area contributed by atoms with Gasteiger partial charge in [-0.05, 0) is 31.0 Å². The number of benzene rings is 1. The summed E-state index contributed by atoms with van der Waals surface area (Å²) < 4.78 is 0. The Morgan fingerprint density at radius 3 is 2.50 bits per heavy atom. The first kappa shape index (κ1) is 12.7. The molecule has 2 N–H and O–H groups in total. The highest BCUT2D eigenvalue weighted by Crippen LogP contribution is 2.15. The predicted octanol–water partition coefficient (Wildman–Crippen LogP) is 2.37. The van der Waals surface area contributed by atoms with Crippen molar-refractivity contribution in [3.63, 3.8) is 0 Å². The lowest BCUT2D eigenvalue weighted by molar-refractivity contribution is -0.138. The first-order valence-corrected chi connectivity index (χ1v) is 5.67. The zero-order chi connectivity index (χ0) is 12.0. The number of carboxylic acid groups (broad SMARTS) is 1. The minimum atomic E-state index is -0.781. The van der Waals surface area contributed by atoms with Crippen LogP contribution in [0.25, 0.3) is 0 Å². The molecule has 1 aromatic carbocycles. The van der Waals surface area contributed by atoms with E-state index >= 15 is 0 Å². The van der Waals surface area contributed by atoms with Crippen molar-refractivity contribution in [2.75, 3.05) is 6.54 Å². The smallest absolute Gasteiger partial charge is 0.310 e. The summed E-state index contributed by atoms with van der Waals surface area (Å²) in [6.45, 7) is 5.68. The summed E-state index contributed by atoms with van der Waals surface area (Å²) >= 11 is 0. The number of carbonyl (C=O) groups is 1. The Morgan fingerprint density at radius 2 is 2.00 bits per heavy atom. The molecule has 88 valence electrons. The van der Waals surface area contributed by atoms with Gasteiger partial charge in [-0.15, -0.1) is 0 Å². The molecule has 0 bridgehead atoms.